The van der Waals surface area contributed by atoms with Crippen molar-refractivity contribution in [2.45, 2.75) is 17.9 Å². The Bertz CT molecular complexity index is 1320. The van der Waals surface area contributed by atoms with E-state index in [4.69, 9.17) is 0 Å². The van der Waals surface area contributed by atoms with E-state index < -0.39 is 15.8 Å². The van der Waals surface area contributed by atoms with Gasteiger partial charge >= 0.3 is 0 Å². The zero-order chi connectivity index (χ0) is 21.8. The van der Waals surface area contributed by atoms with Gasteiger partial charge in [0.15, 0.2) is 0 Å². The number of benzene rings is 3. The van der Waals surface area contributed by atoms with Crippen LogP contribution in [0.5, 0.6) is 0 Å². The second-order valence-electron chi connectivity index (χ2n) is 6.97. The second kappa shape index (κ2) is 8.87. The molecular weight excluding hydrogens is 435 g/mol. The zero-order valence-corrected chi connectivity index (χ0v) is 18.0. The Kier molecular flexibility index (Phi) is 6.01. The molecular formula is C23H19FN2O3S2. The van der Waals surface area contributed by atoms with Gasteiger partial charge in [-0.05, 0) is 64.4 Å². The molecule has 0 unspecified atom stereocenters. The zero-order valence-electron chi connectivity index (χ0n) is 16.3. The summed E-state index contributed by atoms with van der Waals surface area (Å²) in [5.74, 6) is -0.622. The highest BCUT2D eigenvalue weighted by Crippen LogP contribution is 2.25. The summed E-state index contributed by atoms with van der Waals surface area (Å²) in [4.78, 5) is 12.3. The maximum atomic E-state index is 13.0. The summed E-state index contributed by atoms with van der Waals surface area (Å²) >= 11 is 1.65. The van der Waals surface area contributed by atoms with E-state index in [1.165, 1.54) is 16.8 Å². The molecule has 5 nitrogen and oxygen atoms in total. The number of halogens is 1. The summed E-state index contributed by atoms with van der Waals surface area (Å²) in [6, 6.07) is 19.2. The normalized spacial score (nSPS) is 11.4. The minimum Gasteiger partial charge on any atom is -0.352 e. The third kappa shape index (κ3) is 5.10. The molecule has 0 saturated carbocycles. The minimum absolute atomic E-state index is 0.0293. The molecule has 2 N–H and O–H groups in total. The van der Waals surface area contributed by atoms with Gasteiger partial charge < -0.3 is 5.32 Å². The molecule has 0 aliphatic rings. The van der Waals surface area contributed by atoms with Crippen LogP contribution in [-0.2, 0) is 27.8 Å². The number of anilines is 1. The van der Waals surface area contributed by atoms with Crippen molar-refractivity contribution >= 4 is 43.0 Å². The molecule has 1 aromatic heterocycles. The molecule has 4 rings (SSSR count). The monoisotopic (exact) mass is 454 g/mol. The molecule has 3 aromatic carbocycles. The first-order valence-electron chi connectivity index (χ1n) is 9.50. The lowest BCUT2D eigenvalue weighted by Crippen LogP contribution is -2.24. The van der Waals surface area contributed by atoms with Gasteiger partial charge in [-0.25, -0.2) is 12.8 Å². The number of hydrogen-bond donors (Lipinski definition) is 2. The molecule has 0 saturated heterocycles. The first kappa shape index (κ1) is 21.0. The van der Waals surface area contributed by atoms with Crippen molar-refractivity contribution in [3.8, 4) is 0 Å². The Labute approximate surface area is 183 Å². The number of carbonyl (C=O) groups excluding carboxylic acids is 1. The lowest BCUT2D eigenvalue weighted by molar-refractivity contribution is -0.120. The molecule has 0 aliphatic carbocycles. The van der Waals surface area contributed by atoms with Crippen LogP contribution in [0.2, 0.25) is 0 Å². The third-order valence-corrected chi connectivity index (χ3v) is 7.14. The van der Waals surface area contributed by atoms with Crippen molar-refractivity contribution in [2.24, 2.45) is 0 Å². The highest BCUT2D eigenvalue weighted by Gasteiger charge is 2.14. The maximum Gasteiger partial charge on any atom is 0.261 e. The SMILES string of the molecule is O=C(Cc1ccc(NS(=O)(=O)c2ccc(F)cc2)cc1)NCc1csc2ccccc12. The predicted octanol–water partition coefficient (Wildman–Crippen LogP) is 4.70. The van der Waals surface area contributed by atoms with Gasteiger partial charge in [0.1, 0.15) is 5.82 Å². The van der Waals surface area contributed by atoms with Gasteiger partial charge in [-0.15, -0.1) is 11.3 Å². The van der Waals surface area contributed by atoms with Crippen LogP contribution in [0.25, 0.3) is 10.1 Å². The standard InChI is InChI=1S/C23H19FN2O3S2/c24-18-7-11-20(12-8-18)31(28,29)26-19-9-5-16(6-10-19)13-23(27)25-14-17-15-30-22-4-2-1-3-21(17)22/h1-12,15,26H,13-14H2,(H,25,27). The average Bonchev–Trinajstić information content (AvgIpc) is 3.17. The molecule has 8 heteroatoms. The third-order valence-electron chi connectivity index (χ3n) is 4.73. The average molecular weight is 455 g/mol. The van der Waals surface area contributed by atoms with Crippen LogP contribution in [0.4, 0.5) is 10.1 Å². The van der Waals surface area contributed by atoms with Crippen molar-refractivity contribution in [2.75, 3.05) is 4.72 Å². The number of hydrogen-bond acceptors (Lipinski definition) is 4. The summed E-state index contributed by atoms with van der Waals surface area (Å²) in [7, 11) is -3.81. The Balaban J connectivity index is 1.34. The first-order chi connectivity index (χ1) is 14.9. The smallest absolute Gasteiger partial charge is 0.261 e. The molecule has 0 fully saturated rings. The molecule has 0 aliphatic heterocycles. The van der Waals surface area contributed by atoms with E-state index in [9.17, 15) is 17.6 Å². The number of sulfonamides is 1. The number of nitrogens with one attached hydrogen (secondary N) is 2. The van der Waals surface area contributed by atoms with E-state index in [0.717, 1.165) is 28.6 Å². The van der Waals surface area contributed by atoms with Crippen molar-refractivity contribution in [1.82, 2.24) is 5.32 Å². The largest absolute Gasteiger partial charge is 0.352 e. The number of fused-ring (bicyclic) bond motifs is 1. The fourth-order valence-electron chi connectivity index (χ4n) is 3.13. The van der Waals surface area contributed by atoms with Gasteiger partial charge in [0, 0.05) is 16.9 Å². The molecule has 1 amide bonds. The minimum atomic E-state index is -3.81. The molecule has 0 radical (unpaired) electrons. The van der Waals surface area contributed by atoms with E-state index in [-0.39, 0.29) is 17.2 Å². The lowest BCUT2D eigenvalue weighted by Gasteiger charge is -2.09. The Hall–Kier alpha value is -3.23. The Morgan fingerprint density at radius 2 is 1.65 bits per heavy atom. The van der Waals surface area contributed by atoms with Gasteiger partial charge in [-0.2, -0.15) is 0 Å². The first-order valence-corrected chi connectivity index (χ1v) is 11.9. The highest BCUT2D eigenvalue weighted by atomic mass is 32.2. The van der Waals surface area contributed by atoms with Crippen LogP contribution in [0.3, 0.4) is 0 Å². The van der Waals surface area contributed by atoms with Crippen LogP contribution in [0.15, 0.2) is 83.1 Å². The van der Waals surface area contributed by atoms with E-state index in [1.807, 2.05) is 23.6 Å². The van der Waals surface area contributed by atoms with Gasteiger partial charge in [-0.1, -0.05) is 30.3 Å². The maximum absolute atomic E-state index is 13.0. The predicted molar refractivity (Wildman–Crippen MR) is 121 cm³/mol. The van der Waals surface area contributed by atoms with Crippen molar-refractivity contribution in [3.63, 3.8) is 0 Å². The van der Waals surface area contributed by atoms with Crippen LogP contribution in [0.1, 0.15) is 11.1 Å². The quantitative estimate of drug-likeness (QED) is 0.425. The summed E-state index contributed by atoms with van der Waals surface area (Å²) in [5.41, 5.74) is 2.20. The summed E-state index contributed by atoms with van der Waals surface area (Å²) in [5, 5.41) is 6.12. The fourth-order valence-corrected chi connectivity index (χ4v) is 5.15. The van der Waals surface area contributed by atoms with Crippen molar-refractivity contribution in [3.05, 3.63) is 95.1 Å². The number of carbonyl (C=O) groups is 1. The van der Waals surface area contributed by atoms with E-state index >= 15 is 0 Å². The van der Waals surface area contributed by atoms with Crippen LogP contribution >= 0.6 is 11.3 Å². The molecule has 0 spiro atoms. The van der Waals surface area contributed by atoms with E-state index in [1.54, 1.807) is 35.6 Å². The van der Waals surface area contributed by atoms with Crippen LogP contribution in [-0.4, -0.2) is 14.3 Å². The fraction of sp³-hybridized carbons (Fsp3) is 0.0870. The topological polar surface area (TPSA) is 75.3 Å². The molecule has 0 bridgehead atoms. The molecule has 4 aromatic rings. The number of amides is 1. The van der Waals surface area contributed by atoms with Gasteiger partial charge in [0.05, 0.1) is 11.3 Å². The van der Waals surface area contributed by atoms with E-state index in [0.29, 0.717) is 12.2 Å². The Morgan fingerprint density at radius 3 is 2.39 bits per heavy atom. The summed E-state index contributed by atoms with van der Waals surface area (Å²) in [6.45, 7) is 0.457. The van der Waals surface area contributed by atoms with Crippen LogP contribution < -0.4 is 10.0 Å². The molecule has 158 valence electrons. The number of thiophene rings is 1. The van der Waals surface area contributed by atoms with Crippen LogP contribution in [0, 0.1) is 5.82 Å². The lowest BCUT2D eigenvalue weighted by atomic mass is 10.1. The Morgan fingerprint density at radius 1 is 0.935 bits per heavy atom. The molecule has 1 heterocycles. The second-order valence-corrected chi connectivity index (χ2v) is 9.56. The molecule has 0 atom stereocenters. The van der Waals surface area contributed by atoms with E-state index in [2.05, 4.69) is 16.1 Å². The van der Waals surface area contributed by atoms with Gasteiger partial charge in [0.2, 0.25) is 5.91 Å². The highest BCUT2D eigenvalue weighted by molar-refractivity contribution is 7.92. The molecule has 31 heavy (non-hydrogen) atoms. The van der Waals surface area contributed by atoms with Gasteiger partial charge in [0.25, 0.3) is 10.0 Å². The number of rotatable bonds is 7. The van der Waals surface area contributed by atoms with Crippen molar-refractivity contribution in [1.29, 1.82) is 0 Å². The van der Waals surface area contributed by atoms with Crippen molar-refractivity contribution < 1.29 is 17.6 Å². The van der Waals surface area contributed by atoms with Gasteiger partial charge in [-0.3, -0.25) is 9.52 Å². The summed E-state index contributed by atoms with van der Waals surface area (Å²) < 4.78 is 41.4. The summed E-state index contributed by atoms with van der Waals surface area (Å²) in [6.07, 6.45) is 0.188.